The van der Waals surface area contributed by atoms with Gasteiger partial charge in [-0.2, -0.15) is 0 Å². The Kier molecular flexibility index (Phi) is 4.91. The molecule has 3 heteroatoms. The van der Waals surface area contributed by atoms with Crippen LogP contribution >= 0.6 is 15.9 Å². The number of hydrogen-bond acceptors (Lipinski definition) is 2. The van der Waals surface area contributed by atoms with Gasteiger partial charge in [0.1, 0.15) is 0 Å². The molecule has 0 spiro atoms. The molecule has 0 aliphatic carbocycles. The van der Waals surface area contributed by atoms with E-state index in [-0.39, 0.29) is 0 Å². The molecule has 3 atom stereocenters. The summed E-state index contributed by atoms with van der Waals surface area (Å²) in [6.45, 7) is 9.20. The molecule has 1 aromatic carbocycles. The smallest absolute Gasteiger partial charge is 0.0425 e. The van der Waals surface area contributed by atoms with Crippen molar-refractivity contribution in [3.05, 3.63) is 28.2 Å². The lowest BCUT2D eigenvalue weighted by Gasteiger charge is -2.43. The maximum Gasteiger partial charge on any atom is 0.0425 e. The van der Waals surface area contributed by atoms with Gasteiger partial charge in [-0.1, -0.05) is 35.8 Å². The van der Waals surface area contributed by atoms with Crippen molar-refractivity contribution in [3.8, 4) is 0 Å². The van der Waals surface area contributed by atoms with Gasteiger partial charge in [-0.25, -0.2) is 0 Å². The normalized spacial score (nSPS) is 27.6. The Bertz CT molecular complexity index is 433. The average molecular weight is 325 g/mol. The van der Waals surface area contributed by atoms with Crippen LogP contribution in [-0.4, -0.2) is 19.6 Å². The van der Waals surface area contributed by atoms with E-state index >= 15 is 0 Å². The predicted octanol–water partition coefficient (Wildman–Crippen LogP) is 4.04. The van der Waals surface area contributed by atoms with E-state index in [1.54, 1.807) is 0 Å². The number of benzene rings is 1. The molecule has 3 unspecified atom stereocenters. The molecular weight excluding hydrogens is 300 g/mol. The van der Waals surface area contributed by atoms with Crippen LogP contribution in [0.1, 0.15) is 32.8 Å². The maximum absolute atomic E-state index is 3.62. The maximum atomic E-state index is 3.62. The van der Waals surface area contributed by atoms with Crippen LogP contribution in [0.3, 0.4) is 0 Å². The van der Waals surface area contributed by atoms with Gasteiger partial charge in [0, 0.05) is 29.3 Å². The fourth-order valence-electron chi connectivity index (χ4n) is 3.18. The van der Waals surface area contributed by atoms with E-state index in [9.17, 15) is 0 Å². The van der Waals surface area contributed by atoms with Gasteiger partial charge in [-0.05, 0) is 49.9 Å². The van der Waals surface area contributed by atoms with Crippen molar-refractivity contribution < 1.29 is 0 Å². The molecule has 1 heterocycles. The van der Waals surface area contributed by atoms with Gasteiger partial charge < -0.3 is 10.2 Å². The molecule has 0 amide bonds. The minimum Gasteiger partial charge on any atom is -0.368 e. The first-order valence-electron chi connectivity index (χ1n) is 7.22. The van der Waals surface area contributed by atoms with Gasteiger partial charge in [0.2, 0.25) is 0 Å². The lowest BCUT2D eigenvalue weighted by molar-refractivity contribution is 0.296. The number of hydrogen-bond donors (Lipinski definition) is 1. The van der Waals surface area contributed by atoms with Crippen LogP contribution in [0.5, 0.6) is 0 Å². The van der Waals surface area contributed by atoms with Gasteiger partial charge in [-0.15, -0.1) is 0 Å². The Balaban J connectivity index is 2.35. The molecule has 2 rings (SSSR count). The number of rotatable bonds is 3. The quantitative estimate of drug-likeness (QED) is 0.902. The van der Waals surface area contributed by atoms with Gasteiger partial charge in [0.15, 0.2) is 0 Å². The monoisotopic (exact) mass is 324 g/mol. The first kappa shape index (κ1) is 14.9. The molecule has 1 N–H and O–H groups in total. The minimum absolute atomic E-state index is 0.612. The fourth-order valence-corrected chi connectivity index (χ4v) is 3.53. The first-order chi connectivity index (χ1) is 9.02. The van der Waals surface area contributed by atoms with Gasteiger partial charge >= 0.3 is 0 Å². The molecular formula is C16H25BrN2. The summed E-state index contributed by atoms with van der Waals surface area (Å²) >= 11 is 3.62. The summed E-state index contributed by atoms with van der Waals surface area (Å²) < 4.78 is 1.17. The summed E-state index contributed by atoms with van der Waals surface area (Å²) in [5, 5.41) is 3.28. The largest absolute Gasteiger partial charge is 0.368 e. The Labute approximate surface area is 125 Å². The summed E-state index contributed by atoms with van der Waals surface area (Å²) in [5.74, 6) is 1.53. The summed E-state index contributed by atoms with van der Waals surface area (Å²) in [7, 11) is 2.01. The van der Waals surface area contributed by atoms with Crippen molar-refractivity contribution in [2.45, 2.75) is 39.8 Å². The highest BCUT2D eigenvalue weighted by Gasteiger charge is 2.29. The van der Waals surface area contributed by atoms with Crippen molar-refractivity contribution in [3.63, 3.8) is 0 Å². The molecule has 19 heavy (non-hydrogen) atoms. The second-order valence-corrected chi connectivity index (χ2v) is 6.93. The lowest BCUT2D eigenvalue weighted by Crippen LogP contribution is -2.46. The number of nitrogens with one attached hydrogen (secondary N) is 1. The number of nitrogens with zero attached hydrogens (tertiary/aromatic N) is 1. The molecule has 1 aliphatic rings. The summed E-state index contributed by atoms with van der Waals surface area (Å²) in [4.78, 5) is 2.59. The van der Waals surface area contributed by atoms with E-state index in [1.807, 2.05) is 7.05 Å². The van der Waals surface area contributed by atoms with Crippen LogP contribution in [0.15, 0.2) is 22.7 Å². The number of anilines is 1. The molecule has 2 nitrogen and oxygen atoms in total. The van der Waals surface area contributed by atoms with Crippen LogP contribution in [0.25, 0.3) is 0 Å². The zero-order valence-corrected chi connectivity index (χ0v) is 14.0. The van der Waals surface area contributed by atoms with Crippen molar-refractivity contribution in [1.29, 1.82) is 0 Å². The third-order valence-corrected chi connectivity index (χ3v) is 4.81. The molecule has 0 aromatic heterocycles. The minimum atomic E-state index is 0.612. The number of halogens is 1. The van der Waals surface area contributed by atoms with E-state index in [0.717, 1.165) is 18.4 Å². The zero-order valence-electron chi connectivity index (χ0n) is 12.4. The molecule has 1 fully saturated rings. The highest BCUT2D eigenvalue weighted by Crippen LogP contribution is 2.34. The molecule has 1 saturated heterocycles. The average Bonchev–Trinajstić information content (AvgIpc) is 2.36. The SMILES string of the molecule is CNCc1ccc(Br)cc1N1CC(C)CC(C)C1C. The summed E-state index contributed by atoms with van der Waals surface area (Å²) in [5.41, 5.74) is 2.77. The van der Waals surface area contributed by atoms with Crippen LogP contribution in [-0.2, 0) is 6.54 Å². The fraction of sp³-hybridized carbons (Fsp3) is 0.625. The van der Waals surface area contributed by atoms with Crippen molar-refractivity contribution in [1.82, 2.24) is 5.32 Å². The molecule has 1 aromatic rings. The van der Waals surface area contributed by atoms with Crippen LogP contribution < -0.4 is 10.2 Å². The Hall–Kier alpha value is -0.540. The van der Waals surface area contributed by atoms with E-state index in [4.69, 9.17) is 0 Å². The lowest BCUT2D eigenvalue weighted by atomic mass is 9.85. The van der Waals surface area contributed by atoms with Gasteiger partial charge in [0.05, 0.1) is 0 Å². The third-order valence-electron chi connectivity index (χ3n) is 4.32. The first-order valence-corrected chi connectivity index (χ1v) is 8.02. The van der Waals surface area contributed by atoms with E-state index in [2.05, 4.69) is 65.1 Å². The van der Waals surface area contributed by atoms with E-state index in [0.29, 0.717) is 6.04 Å². The zero-order chi connectivity index (χ0) is 14.0. The molecule has 1 aliphatic heterocycles. The Morgan fingerprint density at radius 3 is 2.74 bits per heavy atom. The second-order valence-electron chi connectivity index (χ2n) is 6.01. The highest BCUT2D eigenvalue weighted by molar-refractivity contribution is 9.10. The summed E-state index contributed by atoms with van der Waals surface area (Å²) in [6.07, 6.45) is 1.34. The van der Waals surface area contributed by atoms with Gasteiger partial charge in [0.25, 0.3) is 0 Å². The predicted molar refractivity (Wildman–Crippen MR) is 86.7 cm³/mol. The van der Waals surface area contributed by atoms with Crippen LogP contribution in [0.4, 0.5) is 5.69 Å². The van der Waals surface area contributed by atoms with Crippen molar-refractivity contribution in [2.75, 3.05) is 18.5 Å². The molecule has 0 saturated carbocycles. The van der Waals surface area contributed by atoms with E-state index in [1.165, 1.54) is 28.7 Å². The molecule has 0 radical (unpaired) electrons. The van der Waals surface area contributed by atoms with E-state index < -0.39 is 0 Å². The molecule has 106 valence electrons. The second kappa shape index (κ2) is 6.27. The summed E-state index contributed by atoms with van der Waals surface area (Å²) in [6, 6.07) is 7.25. The van der Waals surface area contributed by atoms with Crippen molar-refractivity contribution in [2.24, 2.45) is 11.8 Å². The topological polar surface area (TPSA) is 15.3 Å². The van der Waals surface area contributed by atoms with Crippen LogP contribution in [0, 0.1) is 11.8 Å². The van der Waals surface area contributed by atoms with Gasteiger partial charge in [-0.3, -0.25) is 0 Å². The number of piperidine rings is 1. The Morgan fingerprint density at radius 2 is 2.05 bits per heavy atom. The Morgan fingerprint density at radius 1 is 1.32 bits per heavy atom. The van der Waals surface area contributed by atoms with Crippen molar-refractivity contribution >= 4 is 21.6 Å². The highest BCUT2D eigenvalue weighted by atomic mass is 79.9. The standard InChI is InChI=1S/C16H25BrN2/c1-11-7-12(2)13(3)19(10-11)16-8-15(17)6-5-14(16)9-18-4/h5-6,8,11-13,18H,7,9-10H2,1-4H3. The third kappa shape index (κ3) is 3.32. The molecule has 0 bridgehead atoms. The van der Waals surface area contributed by atoms with Crippen LogP contribution in [0.2, 0.25) is 0 Å².